The highest BCUT2D eigenvalue weighted by molar-refractivity contribution is 7.18. The van der Waals surface area contributed by atoms with E-state index in [0.29, 0.717) is 10.0 Å². The summed E-state index contributed by atoms with van der Waals surface area (Å²) < 4.78 is 0. The number of anilines is 2. The molecule has 7 heteroatoms. The number of nitrogens with one attached hydrogen (secondary N) is 2. The van der Waals surface area contributed by atoms with Gasteiger partial charge in [-0.25, -0.2) is 4.98 Å². The molecule has 1 aliphatic carbocycles. The predicted molar refractivity (Wildman–Crippen MR) is 81.0 cm³/mol. The normalized spacial score (nSPS) is 22.5. The minimum Gasteiger partial charge on any atom is -0.396 e. The van der Waals surface area contributed by atoms with E-state index in [1.54, 1.807) is 0 Å². The van der Waals surface area contributed by atoms with Crippen LogP contribution < -0.4 is 16.4 Å². The minimum atomic E-state index is -0.186. The molecule has 1 aromatic rings. The monoisotopic (exact) mass is 298 g/mol. The van der Waals surface area contributed by atoms with Crippen molar-refractivity contribution in [3.8, 4) is 0 Å². The number of hydrogen-bond donors (Lipinski definition) is 4. The fraction of sp³-hybridized carbons (Fsp3) is 0.692. The van der Waals surface area contributed by atoms with Gasteiger partial charge in [0.1, 0.15) is 10.7 Å². The molecular weight excluding hydrogens is 276 g/mol. The number of thiazole rings is 1. The van der Waals surface area contributed by atoms with Crippen LogP contribution in [0.15, 0.2) is 0 Å². The Morgan fingerprint density at radius 3 is 2.95 bits per heavy atom. The average molecular weight is 298 g/mol. The van der Waals surface area contributed by atoms with Gasteiger partial charge in [-0.3, -0.25) is 4.79 Å². The number of nitrogens with two attached hydrogens (primary N) is 1. The van der Waals surface area contributed by atoms with Crippen LogP contribution in [-0.4, -0.2) is 35.2 Å². The molecule has 2 rings (SSSR count). The number of aliphatic hydroxyl groups excluding tert-OH is 1. The zero-order valence-corrected chi connectivity index (χ0v) is 12.5. The van der Waals surface area contributed by atoms with E-state index in [0.717, 1.165) is 32.2 Å². The van der Waals surface area contributed by atoms with Crippen molar-refractivity contribution in [3.63, 3.8) is 0 Å². The molecule has 0 aromatic carbocycles. The first kappa shape index (κ1) is 15.1. The number of aliphatic hydroxyl groups is 1. The second-order valence-corrected chi connectivity index (χ2v) is 6.07. The first-order valence-corrected chi connectivity index (χ1v) is 7.89. The smallest absolute Gasteiger partial charge is 0.265 e. The quantitative estimate of drug-likeness (QED) is 0.659. The molecule has 1 heterocycles. The minimum absolute atomic E-state index is 0.0327. The molecule has 20 heavy (non-hydrogen) atoms. The van der Waals surface area contributed by atoms with Crippen LogP contribution in [0, 0.1) is 5.92 Å². The molecule has 112 valence electrons. The van der Waals surface area contributed by atoms with Crippen LogP contribution in [0.3, 0.4) is 0 Å². The van der Waals surface area contributed by atoms with Gasteiger partial charge in [-0.05, 0) is 19.8 Å². The highest BCUT2D eigenvalue weighted by atomic mass is 32.1. The van der Waals surface area contributed by atoms with Gasteiger partial charge in [-0.2, -0.15) is 0 Å². The van der Waals surface area contributed by atoms with Gasteiger partial charge in [0.2, 0.25) is 0 Å². The number of carbonyl (C=O) groups excluding carboxylic acids is 1. The van der Waals surface area contributed by atoms with Crippen molar-refractivity contribution in [3.05, 3.63) is 4.88 Å². The van der Waals surface area contributed by atoms with E-state index in [2.05, 4.69) is 15.6 Å². The maximum Gasteiger partial charge on any atom is 0.265 e. The molecule has 1 saturated carbocycles. The summed E-state index contributed by atoms with van der Waals surface area (Å²) in [6.45, 7) is 2.82. The molecule has 0 saturated heterocycles. The van der Waals surface area contributed by atoms with Gasteiger partial charge in [-0.15, -0.1) is 0 Å². The second-order valence-electron chi connectivity index (χ2n) is 5.07. The number of carbonyl (C=O) groups is 1. The molecule has 1 aromatic heterocycles. The third-order valence-electron chi connectivity index (χ3n) is 3.65. The molecule has 2 unspecified atom stereocenters. The Bertz CT molecular complexity index is 463. The van der Waals surface area contributed by atoms with E-state index in [-0.39, 0.29) is 30.3 Å². The first-order chi connectivity index (χ1) is 9.65. The maximum atomic E-state index is 12.3. The van der Waals surface area contributed by atoms with Gasteiger partial charge in [0, 0.05) is 25.1 Å². The van der Waals surface area contributed by atoms with Crippen LogP contribution in [0.25, 0.3) is 0 Å². The van der Waals surface area contributed by atoms with Crippen LogP contribution in [0.5, 0.6) is 0 Å². The van der Waals surface area contributed by atoms with Crippen LogP contribution >= 0.6 is 11.3 Å². The molecular formula is C13H22N4O2S. The van der Waals surface area contributed by atoms with E-state index in [1.807, 2.05) is 6.92 Å². The summed E-state index contributed by atoms with van der Waals surface area (Å²) in [5.41, 5.74) is 5.79. The molecule has 0 aliphatic heterocycles. The van der Waals surface area contributed by atoms with Gasteiger partial charge in [0.15, 0.2) is 5.13 Å². The number of nitrogens with zero attached hydrogens (tertiary/aromatic N) is 1. The van der Waals surface area contributed by atoms with Crippen molar-refractivity contribution < 1.29 is 9.90 Å². The number of aromatic nitrogens is 1. The number of rotatable bonds is 5. The molecule has 5 N–H and O–H groups in total. The zero-order chi connectivity index (χ0) is 14.5. The molecule has 0 bridgehead atoms. The fourth-order valence-electron chi connectivity index (χ4n) is 2.57. The number of nitrogen functional groups attached to an aromatic ring is 1. The third-order valence-corrected chi connectivity index (χ3v) is 4.68. The number of hydrogen-bond acceptors (Lipinski definition) is 6. The van der Waals surface area contributed by atoms with Crippen LogP contribution in [0.1, 0.15) is 42.3 Å². The van der Waals surface area contributed by atoms with Gasteiger partial charge < -0.3 is 21.5 Å². The third kappa shape index (κ3) is 3.40. The summed E-state index contributed by atoms with van der Waals surface area (Å²) in [7, 11) is 0. The summed E-state index contributed by atoms with van der Waals surface area (Å²) in [5, 5.41) is 16.1. The largest absolute Gasteiger partial charge is 0.396 e. The molecule has 1 aliphatic rings. The van der Waals surface area contributed by atoms with Crippen molar-refractivity contribution in [1.29, 1.82) is 0 Å². The lowest BCUT2D eigenvalue weighted by molar-refractivity contribution is 0.0877. The lowest BCUT2D eigenvalue weighted by Gasteiger charge is -2.30. The predicted octanol–water partition coefficient (Wildman–Crippen LogP) is 1.44. The van der Waals surface area contributed by atoms with Crippen molar-refractivity contribution in [2.24, 2.45) is 5.92 Å². The SMILES string of the molecule is CCNc1nc(N)c(C(=O)NC2CCCCC2CO)s1. The van der Waals surface area contributed by atoms with Gasteiger partial charge in [0.05, 0.1) is 0 Å². The van der Waals surface area contributed by atoms with E-state index in [1.165, 1.54) is 11.3 Å². The zero-order valence-electron chi connectivity index (χ0n) is 11.7. The fourth-order valence-corrected chi connectivity index (χ4v) is 3.43. The average Bonchev–Trinajstić information content (AvgIpc) is 2.81. The van der Waals surface area contributed by atoms with E-state index in [4.69, 9.17) is 5.73 Å². The van der Waals surface area contributed by atoms with Crippen molar-refractivity contribution in [1.82, 2.24) is 10.3 Å². The molecule has 1 fully saturated rings. The Balaban J connectivity index is 2.03. The van der Waals surface area contributed by atoms with Gasteiger partial charge >= 0.3 is 0 Å². The first-order valence-electron chi connectivity index (χ1n) is 7.07. The topological polar surface area (TPSA) is 100 Å². The molecule has 6 nitrogen and oxygen atoms in total. The van der Waals surface area contributed by atoms with Crippen molar-refractivity contribution in [2.45, 2.75) is 38.6 Å². The van der Waals surface area contributed by atoms with E-state index in [9.17, 15) is 9.90 Å². The molecule has 2 atom stereocenters. The standard InChI is InChI=1S/C13H22N4O2S/c1-2-15-13-17-11(14)10(20-13)12(19)16-9-6-4-3-5-8(9)7-18/h8-9,18H,2-7,14H2,1H3,(H,15,17)(H,16,19). The molecule has 1 amide bonds. The Morgan fingerprint density at radius 2 is 2.25 bits per heavy atom. The van der Waals surface area contributed by atoms with Crippen LogP contribution in [-0.2, 0) is 0 Å². The number of amides is 1. The summed E-state index contributed by atoms with van der Waals surface area (Å²) in [4.78, 5) is 16.9. The second kappa shape index (κ2) is 6.90. The molecule has 0 radical (unpaired) electrons. The van der Waals surface area contributed by atoms with Crippen molar-refractivity contribution in [2.75, 3.05) is 24.2 Å². The summed E-state index contributed by atoms with van der Waals surface area (Å²) in [5.74, 6) is 0.226. The van der Waals surface area contributed by atoms with E-state index < -0.39 is 0 Å². The van der Waals surface area contributed by atoms with E-state index >= 15 is 0 Å². The van der Waals surface area contributed by atoms with Gasteiger partial charge in [-0.1, -0.05) is 24.2 Å². The van der Waals surface area contributed by atoms with Gasteiger partial charge in [0.25, 0.3) is 5.91 Å². The molecule has 0 spiro atoms. The Hall–Kier alpha value is -1.34. The lowest BCUT2D eigenvalue weighted by atomic mass is 9.85. The maximum absolute atomic E-state index is 12.3. The Kier molecular flexibility index (Phi) is 5.19. The van der Waals surface area contributed by atoms with Crippen LogP contribution in [0.2, 0.25) is 0 Å². The summed E-state index contributed by atoms with van der Waals surface area (Å²) >= 11 is 1.27. The summed E-state index contributed by atoms with van der Waals surface area (Å²) in [6.07, 6.45) is 4.07. The highest BCUT2D eigenvalue weighted by Crippen LogP contribution is 2.27. The summed E-state index contributed by atoms with van der Waals surface area (Å²) in [6, 6.07) is 0.0327. The Morgan fingerprint density at radius 1 is 1.50 bits per heavy atom. The lowest BCUT2D eigenvalue weighted by Crippen LogP contribution is -2.43. The highest BCUT2D eigenvalue weighted by Gasteiger charge is 2.27. The van der Waals surface area contributed by atoms with Crippen LogP contribution in [0.4, 0.5) is 10.9 Å². The Labute approximate surface area is 122 Å². The van der Waals surface area contributed by atoms with Crippen molar-refractivity contribution >= 4 is 28.2 Å².